The molecule has 1 aromatic heterocycles. The largest absolute Gasteiger partial charge is 0.497 e. The first-order valence-electron chi connectivity index (χ1n) is 8.04. The summed E-state index contributed by atoms with van der Waals surface area (Å²) in [6.07, 6.45) is 0. The minimum Gasteiger partial charge on any atom is -0.497 e. The number of benzene rings is 2. The Morgan fingerprint density at radius 1 is 0.917 bits per heavy atom. The Morgan fingerprint density at radius 3 is 2.33 bits per heavy atom. The van der Waals surface area contributed by atoms with E-state index in [2.05, 4.69) is 67.5 Å². The van der Waals surface area contributed by atoms with E-state index < -0.39 is 8.07 Å². The zero-order valence-corrected chi connectivity index (χ0v) is 15.6. The van der Waals surface area contributed by atoms with Gasteiger partial charge in [-0.2, -0.15) is 0 Å². The summed E-state index contributed by atoms with van der Waals surface area (Å²) < 4.78 is 5.25. The van der Waals surface area contributed by atoms with E-state index in [0.29, 0.717) is 0 Å². The van der Waals surface area contributed by atoms with Crippen molar-refractivity contribution in [3.05, 3.63) is 60.3 Å². The molecule has 2 nitrogen and oxygen atoms in total. The molecule has 0 amide bonds. The number of nitrogens with zero attached hydrogens (tertiary/aromatic N) is 1. The molecule has 0 saturated carbocycles. The summed E-state index contributed by atoms with van der Waals surface area (Å²) in [5.41, 5.74) is 7.46. The third kappa shape index (κ3) is 3.66. The van der Waals surface area contributed by atoms with Gasteiger partial charge in [0.2, 0.25) is 0 Å². The van der Waals surface area contributed by atoms with Gasteiger partial charge in [-0.1, -0.05) is 55.9 Å². The summed E-state index contributed by atoms with van der Waals surface area (Å²) in [5.74, 6) is 4.11. The van der Waals surface area contributed by atoms with Crippen LogP contribution in [0.4, 0.5) is 0 Å². The Hall–Kier alpha value is -2.57. The number of aromatic nitrogens is 1. The molecule has 0 atom stereocenters. The van der Waals surface area contributed by atoms with Crippen molar-refractivity contribution in [3.8, 4) is 28.3 Å². The van der Waals surface area contributed by atoms with Crippen LogP contribution in [0.15, 0.2) is 54.6 Å². The molecule has 0 fully saturated rings. The number of hydrogen-bond acceptors (Lipinski definition) is 2. The summed E-state index contributed by atoms with van der Waals surface area (Å²) in [7, 11) is 0.268. The number of ether oxygens (including phenoxy) is 1. The average molecular weight is 331 g/mol. The summed E-state index contributed by atoms with van der Waals surface area (Å²) >= 11 is 0. The van der Waals surface area contributed by atoms with Crippen LogP contribution in [0.1, 0.15) is 5.69 Å². The predicted octanol–water partition coefficient (Wildman–Crippen LogP) is 5.14. The van der Waals surface area contributed by atoms with E-state index in [-0.39, 0.29) is 0 Å². The van der Waals surface area contributed by atoms with Gasteiger partial charge in [0, 0.05) is 10.9 Å². The maximum Gasteiger partial charge on any atom is 0.129 e. The van der Waals surface area contributed by atoms with Crippen LogP contribution in [0.5, 0.6) is 5.75 Å². The highest BCUT2D eigenvalue weighted by Crippen LogP contribution is 2.28. The normalized spacial score (nSPS) is 11.0. The molecule has 0 bridgehead atoms. The second-order valence-corrected chi connectivity index (χ2v) is 11.6. The minimum atomic E-state index is -1.41. The minimum absolute atomic E-state index is 0.839. The molecule has 24 heavy (non-hydrogen) atoms. The zero-order valence-electron chi connectivity index (χ0n) is 14.6. The lowest BCUT2D eigenvalue weighted by atomic mass is 10.0. The first-order valence-corrected chi connectivity index (χ1v) is 11.5. The standard InChI is InChI=1S/C21H21NOSi/c1-23-19-12-9-16(10-13-19)20-7-5-6-17-8-11-18(22-21(17)20)14-15-24(2,3)4/h5-13H,1-4H3. The van der Waals surface area contributed by atoms with Gasteiger partial charge in [0.1, 0.15) is 19.5 Å². The first-order chi connectivity index (χ1) is 11.5. The van der Waals surface area contributed by atoms with Crippen LogP contribution in [-0.4, -0.2) is 20.2 Å². The highest BCUT2D eigenvalue weighted by atomic mass is 28.3. The number of fused-ring (bicyclic) bond motifs is 1. The molecule has 0 aliphatic rings. The van der Waals surface area contributed by atoms with Crippen molar-refractivity contribution in [3.63, 3.8) is 0 Å². The molecule has 1 heterocycles. The lowest BCUT2D eigenvalue weighted by Crippen LogP contribution is -2.16. The van der Waals surface area contributed by atoms with E-state index >= 15 is 0 Å². The Kier molecular flexibility index (Phi) is 4.42. The SMILES string of the molecule is COc1ccc(-c2cccc3ccc(C#C[Si](C)(C)C)nc23)cc1. The third-order valence-electron chi connectivity index (χ3n) is 3.69. The van der Waals surface area contributed by atoms with Gasteiger partial charge >= 0.3 is 0 Å². The summed E-state index contributed by atoms with van der Waals surface area (Å²) in [5, 5.41) is 1.13. The van der Waals surface area contributed by atoms with Crippen LogP contribution in [0.25, 0.3) is 22.0 Å². The fourth-order valence-electron chi connectivity index (χ4n) is 2.47. The van der Waals surface area contributed by atoms with E-state index in [1.807, 2.05) is 18.2 Å². The third-order valence-corrected chi connectivity index (χ3v) is 4.56. The van der Waals surface area contributed by atoms with Gasteiger partial charge in [-0.15, -0.1) is 5.54 Å². The van der Waals surface area contributed by atoms with Crippen LogP contribution in [0, 0.1) is 11.5 Å². The maximum absolute atomic E-state index is 5.25. The Labute approximate surface area is 144 Å². The fourth-order valence-corrected chi connectivity index (χ4v) is 2.97. The van der Waals surface area contributed by atoms with Crippen molar-refractivity contribution in [2.75, 3.05) is 7.11 Å². The molecule has 0 aliphatic carbocycles. The number of pyridine rings is 1. The molecule has 0 saturated heterocycles. The molecule has 0 unspecified atom stereocenters. The highest BCUT2D eigenvalue weighted by molar-refractivity contribution is 6.83. The molecule has 3 rings (SSSR count). The molecule has 3 heteroatoms. The first kappa shape index (κ1) is 16.3. The second kappa shape index (κ2) is 6.50. The Balaban J connectivity index is 2.11. The van der Waals surface area contributed by atoms with E-state index in [0.717, 1.165) is 33.5 Å². The molecular weight excluding hydrogens is 310 g/mol. The van der Waals surface area contributed by atoms with Gasteiger partial charge in [-0.3, -0.25) is 0 Å². The smallest absolute Gasteiger partial charge is 0.129 e. The summed E-state index contributed by atoms with van der Waals surface area (Å²) in [6, 6.07) is 18.4. The molecule has 0 spiro atoms. The van der Waals surface area contributed by atoms with E-state index in [1.54, 1.807) is 7.11 Å². The molecular formula is C21H21NOSi. The van der Waals surface area contributed by atoms with Crippen molar-refractivity contribution in [1.29, 1.82) is 0 Å². The van der Waals surface area contributed by atoms with Crippen molar-refractivity contribution in [1.82, 2.24) is 4.98 Å². The van der Waals surface area contributed by atoms with E-state index in [9.17, 15) is 0 Å². The van der Waals surface area contributed by atoms with Gasteiger partial charge in [-0.05, 0) is 29.8 Å². The maximum atomic E-state index is 5.25. The number of para-hydroxylation sites is 1. The van der Waals surface area contributed by atoms with Gasteiger partial charge in [0.15, 0.2) is 0 Å². The van der Waals surface area contributed by atoms with Crippen molar-refractivity contribution in [2.45, 2.75) is 19.6 Å². The van der Waals surface area contributed by atoms with Gasteiger partial charge < -0.3 is 4.74 Å². The topological polar surface area (TPSA) is 22.1 Å². The predicted molar refractivity (Wildman–Crippen MR) is 104 cm³/mol. The van der Waals surface area contributed by atoms with Gasteiger partial charge in [-0.25, -0.2) is 4.98 Å². The van der Waals surface area contributed by atoms with Crippen molar-refractivity contribution in [2.24, 2.45) is 0 Å². The molecule has 0 N–H and O–H groups in total. The van der Waals surface area contributed by atoms with Gasteiger partial charge in [0.05, 0.1) is 12.6 Å². The van der Waals surface area contributed by atoms with E-state index in [4.69, 9.17) is 9.72 Å². The lowest BCUT2D eigenvalue weighted by Gasteiger charge is -2.08. The van der Waals surface area contributed by atoms with Crippen LogP contribution in [-0.2, 0) is 0 Å². The molecule has 3 aromatic rings. The monoisotopic (exact) mass is 331 g/mol. The van der Waals surface area contributed by atoms with Gasteiger partial charge in [0.25, 0.3) is 0 Å². The van der Waals surface area contributed by atoms with Crippen LogP contribution >= 0.6 is 0 Å². The fraction of sp³-hybridized carbons (Fsp3) is 0.190. The zero-order chi connectivity index (χ0) is 17.2. The molecule has 0 aliphatic heterocycles. The second-order valence-electron chi connectivity index (χ2n) is 6.80. The summed E-state index contributed by atoms with van der Waals surface area (Å²) in [6.45, 7) is 6.72. The Bertz CT molecular complexity index is 928. The molecule has 2 aromatic carbocycles. The Morgan fingerprint density at radius 2 is 1.67 bits per heavy atom. The quantitative estimate of drug-likeness (QED) is 0.479. The van der Waals surface area contributed by atoms with Crippen LogP contribution < -0.4 is 4.74 Å². The van der Waals surface area contributed by atoms with E-state index in [1.165, 1.54) is 0 Å². The van der Waals surface area contributed by atoms with Crippen LogP contribution in [0.3, 0.4) is 0 Å². The lowest BCUT2D eigenvalue weighted by molar-refractivity contribution is 0.415. The number of hydrogen-bond donors (Lipinski definition) is 0. The highest BCUT2D eigenvalue weighted by Gasteiger charge is 2.09. The molecule has 0 radical (unpaired) electrons. The molecule has 120 valence electrons. The average Bonchev–Trinajstić information content (AvgIpc) is 2.59. The number of methoxy groups -OCH3 is 1. The van der Waals surface area contributed by atoms with Crippen LogP contribution in [0.2, 0.25) is 19.6 Å². The summed E-state index contributed by atoms with van der Waals surface area (Å²) in [4.78, 5) is 4.81. The van der Waals surface area contributed by atoms with Crippen molar-refractivity contribution >= 4 is 19.0 Å². The van der Waals surface area contributed by atoms with Crippen molar-refractivity contribution < 1.29 is 4.74 Å². The number of rotatable bonds is 2.